The Bertz CT molecular complexity index is 165. The van der Waals surface area contributed by atoms with Crippen LogP contribution in [0.15, 0.2) is 23.8 Å². The Balaban J connectivity index is 0.000001000. The molecule has 64 valence electrons. The summed E-state index contributed by atoms with van der Waals surface area (Å²) in [6, 6.07) is 0. The Hall–Kier alpha value is -0.520. The zero-order valence-electron chi connectivity index (χ0n) is 7.15. The molecule has 0 saturated carbocycles. The SMILES string of the molecule is C.CC(C)(C)CC1=CCC=C1. The Morgan fingerprint density at radius 3 is 2.36 bits per heavy atom. The third-order valence-electron chi connectivity index (χ3n) is 1.58. The summed E-state index contributed by atoms with van der Waals surface area (Å²) in [4.78, 5) is 0. The minimum Gasteiger partial charge on any atom is -0.0805 e. The van der Waals surface area contributed by atoms with Crippen LogP contribution >= 0.6 is 0 Å². The second kappa shape index (κ2) is 3.75. The monoisotopic (exact) mass is 152 g/mol. The smallest absolute Gasteiger partial charge is 0.0160 e. The fourth-order valence-corrected chi connectivity index (χ4v) is 1.25. The zero-order chi connectivity index (χ0) is 7.61. The van der Waals surface area contributed by atoms with Gasteiger partial charge < -0.3 is 0 Å². The molecule has 0 heterocycles. The number of hydrogen-bond acceptors (Lipinski definition) is 0. The molecule has 0 spiro atoms. The van der Waals surface area contributed by atoms with Crippen molar-refractivity contribution in [3.63, 3.8) is 0 Å². The molecule has 0 nitrogen and oxygen atoms in total. The molecule has 0 unspecified atom stereocenters. The van der Waals surface area contributed by atoms with Crippen LogP contribution in [0.4, 0.5) is 0 Å². The van der Waals surface area contributed by atoms with Gasteiger partial charge in [-0.2, -0.15) is 0 Å². The maximum absolute atomic E-state index is 2.31. The van der Waals surface area contributed by atoms with Crippen molar-refractivity contribution in [2.75, 3.05) is 0 Å². The van der Waals surface area contributed by atoms with Crippen molar-refractivity contribution in [3.8, 4) is 0 Å². The lowest BCUT2D eigenvalue weighted by Crippen LogP contribution is -2.04. The van der Waals surface area contributed by atoms with Gasteiger partial charge in [0.1, 0.15) is 0 Å². The van der Waals surface area contributed by atoms with Crippen LogP contribution in [0.5, 0.6) is 0 Å². The normalized spacial score (nSPS) is 16.1. The lowest BCUT2D eigenvalue weighted by atomic mass is 9.88. The van der Waals surface area contributed by atoms with Crippen LogP contribution in [-0.2, 0) is 0 Å². The average molecular weight is 152 g/mol. The molecule has 1 aliphatic carbocycles. The summed E-state index contributed by atoms with van der Waals surface area (Å²) < 4.78 is 0. The molecule has 0 fully saturated rings. The minimum atomic E-state index is 0. The number of rotatable bonds is 1. The van der Waals surface area contributed by atoms with E-state index < -0.39 is 0 Å². The van der Waals surface area contributed by atoms with Crippen molar-refractivity contribution in [3.05, 3.63) is 23.8 Å². The van der Waals surface area contributed by atoms with Crippen LogP contribution in [0.3, 0.4) is 0 Å². The Kier molecular flexibility index (Phi) is 3.57. The zero-order valence-corrected chi connectivity index (χ0v) is 7.15. The molecule has 1 aliphatic rings. The van der Waals surface area contributed by atoms with Crippen LogP contribution in [0.1, 0.15) is 41.0 Å². The molecule has 0 aliphatic heterocycles. The van der Waals surface area contributed by atoms with Gasteiger partial charge in [0, 0.05) is 0 Å². The molecule has 0 aromatic heterocycles. The van der Waals surface area contributed by atoms with E-state index in [-0.39, 0.29) is 7.43 Å². The van der Waals surface area contributed by atoms with Crippen molar-refractivity contribution in [2.45, 2.75) is 41.0 Å². The maximum atomic E-state index is 2.31. The van der Waals surface area contributed by atoms with Gasteiger partial charge >= 0.3 is 0 Å². The molecule has 0 saturated heterocycles. The van der Waals surface area contributed by atoms with Gasteiger partial charge in [-0.25, -0.2) is 0 Å². The summed E-state index contributed by atoms with van der Waals surface area (Å²) in [5, 5.41) is 0. The quantitative estimate of drug-likeness (QED) is 0.534. The molecule has 1 rings (SSSR count). The van der Waals surface area contributed by atoms with E-state index in [2.05, 4.69) is 39.0 Å². The minimum absolute atomic E-state index is 0. The van der Waals surface area contributed by atoms with Gasteiger partial charge in [-0.15, -0.1) is 0 Å². The molecule has 0 bridgehead atoms. The highest BCUT2D eigenvalue weighted by atomic mass is 14.2. The molecular formula is C11H20. The van der Waals surface area contributed by atoms with Crippen molar-refractivity contribution in [2.24, 2.45) is 5.41 Å². The van der Waals surface area contributed by atoms with Crippen molar-refractivity contribution >= 4 is 0 Å². The van der Waals surface area contributed by atoms with Crippen LogP contribution in [0.25, 0.3) is 0 Å². The lowest BCUT2D eigenvalue weighted by Gasteiger charge is -2.17. The summed E-state index contributed by atoms with van der Waals surface area (Å²) in [6.07, 6.45) is 9.13. The van der Waals surface area contributed by atoms with Gasteiger partial charge in [0.25, 0.3) is 0 Å². The number of hydrogen-bond donors (Lipinski definition) is 0. The first kappa shape index (κ1) is 10.5. The van der Waals surface area contributed by atoms with Gasteiger partial charge in [-0.1, -0.05) is 52.0 Å². The highest BCUT2D eigenvalue weighted by molar-refractivity contribution is 5.26. The van der Waals surface area contributed by atoms with Crippen molar-refractivity contribution in [1.82, 2.24) is 0 Å². The Labute approximate surface area is 71.0 Å². The lowest BCUT2D eigenvalue weighted by molar-refractivity contribution is 0.413. The first-order valence-corrected chi connectivity index (χ1v) is 3.93. The van der Waals surface area contributed by atoms with Crippen LogP contribution in [0, 0.1) is 5.41 Å². The van der Waals surface area contributed by atoms with Crippen molar-refractivity contribution < 1.29 is 0 Å². The van der Waals surface area contributed by atoms with E-state index in [1.807, 2.05) is 0 Å². The van der Waals surface area contributed by atoms with Crippen LogP contribution in [-0.4, -0.2) is 0 Å². The third-order valence-corrected chi connectivity index (χ3v) is 1.58. The predicted octanol–water partition coefficient (Wildman–Crippen LogP) is 3.95. The van der Waals surface area contributed by atoms with E-state index in [9.17, 15) is 0 Å². The topological polar surface area (TPSA) is 0 Å². The van der Waals surface area contributed by atoms with E-state index >= 15 is 0 Å². The fraction of sp³-hybridized carbons (Fsp3) is 0.636. The molecule has 11 heavy (non-hydrogen) atoms. The summed E-state index contributed by atoms with van der Waals surface area (Å²) in [7, 11) is 0. The van der Waals surface area contributed by atoms with E-state index in [1.54, 1.807) is 0 Å². The third kappa shape index (κ3) is 4.02. The van der Waals surface area contributed by atoms with Crippen LogP contribution < -0.4 is 0 Å². The first-order chi connectivity index (χ1) is 4.58. The maximum Gasteiger partial charge on any atom is -0.0160 e. The van der Waals surface area contributed by atoms with Gasteiger partial charge in [-0.05, 0) is 18.3 Å². The predicted molar refractivity (Wildman–Crippen MR) is 52.6 cm³/mol. The Morgan fingerprint density at radius 1 is 1.36 bits per heavy atom. The number of allylic oxidation sites excluding steroid dienone is 4. The van der Waals surface area contributed by atoms with Crippen molar-refractivity contribution in [1.29, 1.82) is 0 Å². The molecule has 0 atom stereocenters. The van der Waals surface area contributed by atoms with E-state index in [0.29, 0.717) is 5.41 Å². The standard InChI is InChI=1S/C10H16.CH4/c1-10(2,3)8-9-6-4-5-7-9;/h4,6-7H,5,8H2,1-3H3;1H4. The highest BCUT2D eigenvalue weighted by Crippen LogP contribution is 2.26. The summed E-state index contributed by atoms with van der Waals surface area (Å²) >= 11 is 0. The van der Waals surface area contributed by atoms with E-state index in [1.165, 1.54) is 12.0 Å². The molecule has 0 aromatic rings. The molecular weight excluding hydrogens is 132 g/mol. The van der Waals surface area contributed by atoms with Gasteiger partial charge in [0.2, 0.25) is 0 Å². The average Bonchev–Trinajstić information content (AvgIpc) is 2.12. The molecule has 0 aromatic carbocycles. The Morgan fingerprint density at radius 2 is 2.00 bits per heavy atom. The van der Waals surface area contributed by atoms with Gasteiger partial charge in [0.05, 0.1) is 0 Å². The second-order valence-corrected chi connectivity index (χ2v) is 4.15. The van der Waals surface area contributed by atoms with Crippen LogP contribution in [0.2, 0.25) is 0 Å². The van der Waals surface area contributed by atoms with Gasteiger partial charge in [-0.3, -0.25) is 0 Å². The molecule has 0 amide bonds. The summed E-state index contributed by atoms with van der Waals surface area (Å²) in [6.45, 7) is 6.83. The van der Waals surface area contributed by atoms with E-state index in [0.717, 1.165) is 6.42 Å². The first-order valence-electron chi connectivity index (χ1n) is 3.93. The summed E-state index contributed by atoms with van der Waals surface area (Å²) in [5.41, 5.74) is 1.95. The highest BCUT2D eigenvalue weighted by Gasteiger charge is 2.12. The molecule has 0 N–H and O–H groups in total. The molecule has 0 radical (unpaired) electrons. The molecule has 0 heteroatoms. The van der Waals surface area contributed by atoms with Gasteiger partial charge in [0.15, 0.2) is 0 Å². The fourth-order valence-electron chi connectivity index (χ4n) is 1.25. The summed E-state index contributed by atoms with van der Waals surface area (Å²) in [5.74, 6) is 0. The largest absolute Gasteiger partial charge is 0.0805 e. The van der Waals surface area contributed by atoms with E-state index in [4.69, 9.17) is 0 Å². The second-order valence-electron chi connectivity index (χ2n) is 4.15.